The zero-order valence-electron chi connectivity index (χ0n) is 12.0. The molecule has 1 aromatic carbocycles. The van der Waals surface area contributed by atoms with Gasteiger partial charge < -0.3 is 15.2 Å². The maximum absolute atomic E-state index is 13.7. The maximum atomic E-state index is 13.7. The molecule has 1 atom stereocenters. The van der Waals surface area contributed by atoms with Gasteiger partial charge in [0.1, 0.15) is 0 Å². The minimum absolute atomic E-state index is 0.00992. The summed E-state index contributed by atoms with van der Waals surface area (Å²) in [6.45, 7) is 5.70. The summed E-state index contributed by atoms with van der Waals surface area (Å²) in [5.41, 5.74) is -0.587. The lowest BCUT2D eigenvalue weighted by molar-refractivity contribution is 0.168. The lowest BCUT2D eigenvalue weighted by atomic mass is 9.92. The van der Waals surface area contributed by atoms with Crippen LogP contribution in [-0.2, 0) is 0 Å². The normalized spacial score (nSPS) is 12.9. The molecule has 0 heterocycles. The van der Waals surface area contributed by atoms with Crippen molar-refractivity contribution in [3.05, 3.63) is 27.4 Å². The summed E-state index contributed by atoms with van der Waals surface area (Å²) in [6.07, 6.45) is -0.523. The standard InChI is InChI=1S/C14H18BrClFNO3/c1-8(6-14(2,3)18-13(19)20)7-21-12-10(16)4-9(15)5-11(12)17/h4-5,8,18H,6-7H2,1-3H3,(H,19,20)/t8-/m0/s1. The van der Waals surface area contributed by atoms with E-state index in [2.05, 4.69) is 21.2 Å². The van der Waals surface area contributed by atoms with Crippen LogP contribution >= 0.6 is 27.5 Å². The van der Waals surface area contributed by atoms with E-state index in [0.29, 0.717) is 10.9 Å². The van der Waals surface area contributed by atoms with E-state index in [-0.39, 0.29) is 23.3 Å². The molecule has 0 radical (unpaired) electrons. The first-order chi connectivity index (χ1) is 9.60. The van der Waals surface area contributed by atoms with Gasteiger partial charge in [0.15, 0.2) is 11.6 Å². The molecule has 0 saturated heterocycles. The summed E-state index contributed by atoms with van der Waals surface area (Å²) in [5, 5.41) is 11.4. The topological polar surface area (TPSA) is 58.6 Å². The fraction of sp³-hybridized carbons (Fsp3) is 0.500. The molecule has 0 aliphatic rings. The molecule has 0 bridgehead atoms. The van der Waals surface area contributed by atoms with Crippen molar-refractivity contribution < 1.29 is 19.0 Å². The van der Waals surface area contributed by atoms with Gasteiger partial charge >= 0.3 is 6.09 Å². The number of rotatable bonds is 6. The summed E-state index contributed by atoms with van der Waals surface area (Å²) in [5.74, 6) is -0.508. The summed E-state index contributed by atoms with van der Waals surface area (Å²) in [4.78, 5) is 10.7. The lowest BCUT2D eigenvalue weighted by Crippen LogP contribution is -2.44. The van der Waals surface area contributed by atoms with Crippen LogP contribution in [0.25, 0.3) is 0 Å². The SMILES string of the molecule is C[C@H](COc1c(F)cc(Br)cc1Cl)CC(C)(C)NC(=O)O. The van der Waals surface area contributed by atoms with Crippen molar-refractivity contribution in [1.29, 1.82) is 0 Å². The average Bonchev–Trinajstić information content (AvgIpc) is 2.24. The molecular weight excluding hydrogens is 365 g/mol. The maximum Gasteiger partial charge on any atom is 0.405 e. The molecule has 0 aromatic heterocycles. The molecule has 4 nitrogen and oxygen atoms in total. The minimum Gasteiger partial charge on any atom is -0.489 e. The highest BCUT2D eigenvalue weighted by atomic mass is 79.9. The number of ether oxygens (including phenoxy) is 1. The summed E-state index contributed by atoms with van der Waals surface area (Å²) >= 11 is 9.08. The monoisotopic (exact) mass is 381 g/mol. The molecular formula is C14H18BrClFNO3. The average molecular weight is 383 g/mol. The summed E-state index contributed by atoms with van der Waals surface area (Å²) in [7, 11) is 0. The predicted octanol–water partition coefficient (Wildman–Crippen LogP) is 4.69. The van der Waals surface area contributed by atoms with Crippen LogP contribution in [0.1, 0.15) is 27.2 Å². The second-order valence-corrected chi connectivity index (χ2v) is 6.96. The first-order valence-electron chi connectivity index (χ1n) is 6.39. The third-order valence-corrected chi connectivity index (χ3v) is 3.52. The lowest BCUT2D eigenvalue weighted by Gasteiger charge is -2.28. The molecule has 0 saturated carbocycles. The Labute approximate surface area is 136 Å². The predicted molar refractivity (Wildman–Crippen MR) is 83.6 cm³/mol. The van der Waals surface area contributed by atoms with E-state index in [0.717, 1.165) is 0 Å². The Hall–Kier alpha value is -1.01. The van der Waals surface area contributed by atoms with Gasteiger partial charge in [0.25, 0.3) is 0 Å². The van der Waals surface area contributed by atoms with E-state index < -0.39 is 17.4 Å². The molecule has 21 heavy (non-hydrogen) atoms. The zero-order valence-corrected chi connectivity index (χ0v) is 14.4. The third-order valence-electron chi connectivity index (χ3n) is 2.78. The first kappa shape index (κ1) is 18.0. The van der Waals surface area contributed by atoms with Gasteiger partial charge in [-0.15, -0.1) is 0 Å². The van der Waals surface area contributed by atoms with E-state index in [1.54, 1.807) is 19.9 Å². The van der Waals surface area contributed by atoms with Gasteiger partial charge in [-0.3, -0.25) is 0 Å². The van der Waals surface area contributed by atoms with Crippen molar-refractivity contribution in [3.63, 3.8) is 0 Å². The molecule has 1 rings (SSSR count). The largest absolute Gasteiger partial charge is 0.489 e. The Balaban J connectivity index is 2.61. The van der Waals surface area contributed by atoms with Crippen molar-refractivity contribution in [1.82, 2.24) is 5.32 Å². The van der Waals surface area contributed by atoms with Crippen LogP contribution in [0.3, 0.4) is 0 Å². The smallest absolute Gasteiger partial charge is 0.405 e. The number of carboxylic acid groups (broad SMARTS) is 1. The number of hydrogen-bond donors (Lipinski definition) is 2. The molecule has 0 fully saturated rings. The van der Waals surface area contributed by atoms with Crippen molar-refractivity contribution >= 4 is 33.6 Å². The van der Waals surface area contributed by atoms with Gasteiger partial charge in [-0.25, -0.2) is 9.18 Å². The number of hydrogen-bond acceptors (Lipinski definition) is 2. The van der Waals surface area contributed by atoms with Gasteiger partial charge in [-0.05, 0) is 38.3 Å². The first-order valence-corrected chi connectivity index (χ1v) is 7.56. The third kappa shape index (κ3) is 6.09. The van der Waals surface area contributed by atoms with E-state index in [1.807, 2.05) is 6.92 Å². The van der Waals surface area contributed by atoms with Crippen LogP contribution in [0.2, 0.25) is 5.02 Å². The van der Waals surface area contributed by atoms with Crippen LogP contribution < -0.4 is 10.1 Å². The van der Waals surface area contributed by atoms with Crippen LogP contribution in [-0.4, -0.2) is 23.3 Å². The van der Waals surface area contributed by atoms with Crippen LogP contribution in [0.4, 0.5) is 9.18 Å². The molecule has 0 unspecified atom stereocenters. The molecule has 0 aliphatic carbocycles. The molecule has 0 aliphatic heterocycles. The van der Waals surface area contributed by atoms with E-state index in [9.17, 15) is 9.18 Å². The molecule has 2 N–H and O–H groups in total. The van der Waals surface area contributed by atoms with Crippen LogP contribution in [0.15, 0.2) is 16.6 Å². The number of nitrogens with one attached hydrogen (secondary N) is 1. The van der Waals surface area contributed by atoms with E-state index in [4.69, 9.17) is 21.4 Å². The van der Waals surface area contributed by atoms with E-state index in [1.165, 1.54) is 6.07 Å². The Morgan fingerprint density at radius 2 is 2.19 bits per heavy atom. The van der Waals surface area contributed by atoms with Gasteiger partial charge in [0, 0.05) is 10.0 Å². The number of halogens is 3. The Kier molecular flexibility index (Phi) is 6.28. The summed E-state index contributed by atoms with van der Waals surface area (Å²) in [6, 6.07) is 2.84. The minimum atomic E-state index is -1.07. The van der Waals surface area contributed by atoms with Crippen molar-refractivity contribution in [3.8, 4) is 5.75 Å². The quantitative estimate of drug-likeness (QED) is 0.750. The Morgan fingerprint density at radius 3 is 2.71 bits per heavy atom. The molecule has 0 spiro atoms. The van der Waals surface area contributed by atoms with Gasteiger partial charge in [-0.1, -0.05) is 34.5 Å². The van der Waals surface area contributed by atoms with Crippen LogP contribution in [0.5, 0.6) is 5.75 Å². The van der Waals surface area contributed by atoms with Crippen LogP contribution in [0, 0.1) is 11.7 Å². The molecule has 7 heteroatoms. The highest BCUT2D eigenvalue weighted by Gasteiger charge is 2.23. The highest BCUT2D eigenvalue weighted by molar-refractivity contribution is 9.10. The Morgan fingerprint density at radius 1 is 1.57 bits per heavy atom. The Bertz CT molecular complexity index is 502. The second-order valence-electron chi connectivity index (χ2n) is 5.63. The number of amides is 1. The fourth-order valence-electron chi connectivity index (χ4n) is 2.16. The highest BCUT2D eigenvalue weighted by Crippen LogP contribution is 2.32. The second kappa shape index (κ2) is 7.31. The number of carbonyl (C=O) groups is 1. The fourth-order valence-corrected chi connectivity index (χ4v) is 2.99. The zero-order chi connectivity index (χ0) is 16.2. The van der Waals surface area contributed by atoms with Crippen molar-refractivity contribution in [2.75, 3.05) is 6.61 Å². The molecule has 1 aromatic rings. The van der Waals surface area contributed by atoms with Crippen molar-refractivity contribution in [2.45, 2.75) is 32.7 Å². The number of benzene rings is 1. The van der Waals surface area contributed by atoms with E-state index >= 15 is 0 Å². The summed E-state index contributed by atoms with van der Waals surface area (Å²) < 4.78 is 19.7. The van der Waals surface area contributed by atoms with Gasteiger partial charge in [0.05, 0.1) is 11.6 Å². The molecule has 118 valence electrons. The van der Waals surface area contributed by atoms with Gasteiger partial charge in [-0.2, -0.15) is 0 Å². The van der Waals surface area contributed by atoms with Gasteiger partial charge in [0.2, 0.25) is 0 Å². The molecule has 1 amide bonds. The van der Waals surface area contributed by atoms with Crippen molar-refractivity contribution in [2.24, 2.45) is 5.92 Å².